The fourth-order valence-electron chi connectivity index (χ4n) is 2.92. The summed E-state index contributed by atoms with van der Waals surface area (Å²) in [6.45, 7) is 3.59. The quantitative estimate of drug-likeness (QED) is 0.566. The van der Waals surface area contributed by atoms with Gasteiger partial charge in [0.15, 0.2) is 0 Å². The van der Waals surface area contributed by atoms with Crippen LogP contribution in [0.2, 0.25) is 0 Å². The van der Waals surface area contributed by atoms with Gasteiger partial charge in [0, 0.05) is 11.1 Å². The molecular formula is C20H25F3N2O2S. The van der Waals surface area contributed by atoms with E-state index in [4.69, 9.17) is 0 Å². The summed E-state index contributed by atoms with van der Waals surface area (Å²) in [5.74, 6) is -0.863. The van der Waals surface area contributed by atoms with Crippen LogP contribution in [0.25, 0.3) is 0 Å². The molecule has 0 aliphatic rings. The van der Waals surface area contributed by atoms with Crippen molar-refractivity contribution in [1.82, 2.24) is 10.3 Å². The van der Waals surface area contributed by atoms with Gasteiger partial charge in [-0.25, -0.2) is 4.98 Å². The number of carbonyl (C=O) groups is 1. The molecule has 0 fully saturated rings. The van der Waals surface area contributed by atoms with Crippen molar-refractivity contribution < 1.29 is 23.1 Å². The Bertz CT molecular complexity index is 764. The van der Waals surface area contributed by atoms with Crippen LogP contribution in [0.15, 0.2) is 35.7 Å². The summed E-state index contributed by atoms with van der Waals surface area (Å²) in [7, 11) is 0. The number of benzene rings is 1. The first kappa shape index (κ1) is 22.4. The van der Waals surface area contributed by atoms with E-state index < -0.39 is 35.2 Å². The number of aryl methyl sites for hydroxylation is 1. The Morgan fingerprint density at radius 1 is 1.25 bits per heavy atom. The maximum Gasteiger partial charge on any atom is 0.424 e. The molecule has 1 aromatic carbocycles. The molecule has 4 nitrogen and oxygen atoms in total. The lowest BCUT2D eigenvalue weighted by atomic mass is 9.97. The molecule has 2 N–H and O–H groups in total. The molecule has 8 heteroatoms. The van der Waals surface area contributed by atoms with Gasteiger partial charge in [0.2, 0.25) is 11.5 Å². The number of alkyl halides is 3. The van der Waals surface area contributed by atoms with E-state index in [1.807, 2.05) is 30.3 Å². The molecule has 1 aromatic heterocycles. The Hall–Kier alpha value is -1.93. The van der Waals surface area contributed by atoms with Crippen LogP contribution in [0, 0.1) is 6.92 Å². The van der Waals surface area contributed by atoms with E-state index in [9.17, 15) is 23.1 Å². The molecule has 1 amide bonds. The number of amides is 1. The third kappa shape index (κ3) is 5.54. The Labute approximate surface area is 166 Å². The Balaban J connectivity index is 2.19. The molecule has 2 unspecified atom stereocenters. The second kappa shape index (κ2) is 9.52. The standard InChI is InChI=1S/C20H25F3N2O2S/c1-3-4-6-11-16(15-9-7-5-8-10-15)25-17(26)12-19(27,20(21,22)23)18-24-14(2)13-28-18/h5,7-10,13,16,27H,3-4,6,11-12H2,1-2H3,(H,25,26). The SMILES string of the molecule is CCCCCC(NC(=O)CC(O)(c1nc(C)cs1)C(F)(F)F)c1ccccc1. The highest BCUT2D eigenvalue weighted by atomic mass is 32.1. The van der Waals surface area contributed by atoms with Crippen molar-refractivity contribution in [2.24, 2.45) is 0 Å². The first-order valence-corrected chi connectivity index (χ1v) is 10.1. The van der Waals surface area contributed by atoms with Gasteiger partial charge in [-0.15, -0.1) is 11.3 Å². The summed E-state index contributed by atoms with van der Waals surface area (Å²) in [4.78, 5) is 16.3. The van der Waals surface area contributed by atoms with Gasteiger partial charge in [-0.3, -0.25) is 4.79 Å². The number of nitrogens with one attached hydrogen (secondary N) is 1. The number of halogens is 3. The van der Waals surface area contributed by atoms with Gasteiger partial charge in [-0.1, -0.05) is 56.5 Å². The molecule has 154 valence electrons. The van der Waals surface area contributed by atoms with Crippen molar-refractivity contribution in [1.29, 1.82) is 0 Å². The normalized spacial score (nSPS) is 15.1. The van der Waals surface area contributed by atoms with Gasteiger partial charge in [-0.2, -0.15) is 13.2 Å². The van der Waals surface area contributed by atoms with Crippen molar-refractivity contribution in [3.63, 3.8) is 0 Å². The van der Waals surface area contributed by atoms with Gasteiger partial charge in [0.25, 0.3) is 0 Å². The fraction of sp³-hybridized carbons (Fsp3) is 0.500. The Kier molecular flexibility index (Phi) is 7.60. The molecule has 28 heavy (non-hydrogen) atoms. The number of carbonyl (C=O) groups excluding carboxylic acids is 1. The van der Waals surface area contributed by atoms with Crippen LogP contribution in [0.1, 0.15) is 61.3 Å². The topological polar surface area (TPSA) is 62.2 Å². The molecule has 0 aliphatic heterocycles. The zero-order chi connectivity index (χ0) is 20.8. The number of rotatable bonds is 9. The Morgan fingerprint density at radius 2 is 1.93 bits per heavy atom. The molecular weight excluding hydrogens is 389 g/mol. The van der Waals surface area contributed by atoms with Gasteiger partial charge >= 0.3 is 6.18 Å². The van der Waals surface area contributed by atoms with Gasteiger partial charge < -0.3 is 10.4 Å². The summed E-state index contributed by atoms with van der Waals surface area (Å²) >= 11 is 0.696. The van der Waals surface area contributed by atoms with Crippen LogP contribution in [-0.4, -0.2) is 22.2 Å². The van der Waals surface area contributed by atoms with E-state index in [2.05, 4.69) is 17.2 Å². The van der Waals surface area contributed by atoms with E-state index in [1.165, 1.54) is 12.3 Å². The fourth-order valence-corrected chi connectivity index (χ4v) is 3.84. The van der Waals surface area contributed by atoms with Gasteiger partial charge in [0.05, 0.1) is 12.5 Å². The van der Waals surface area contributed by atoms with Crippen LogP contribution in [0.3, 0.4) is 0 Å². The van der Waals surface area contributed by atoms with Crippen LogP contribution in [0.4, 0.5) is 13.2 Å². The third-order valence-corrected chi connectivity index (χ3v) is 5.60. The minimum Gasteiger partial charge on any atom is -0.374 e. The minimum atomic E-state index is -5.01. The van der Waals surface area contributed by atoms with Crippen molar-refractivity contribution in [2.75, 3.05) is 0 Å². The third-order valence-electron chi connectivity index (χ3n) is 4.49. The molecule has 0 aliphatic carbocycles. The number of unbranched alkanes of at least 4 members (excludes halogenated alkanes) is 2. The molecule has 0 spiro atoms. The lowest BCUT2D eigenvalue weighted by Gasteiger charge is -2.29. The maximum atomic E-state index is 13.6. The van der Waals surface area contributed by atoms with Crippen LogP contribution >= 0.6 is 11.3 Å². The molecule has 2 aromatic rings. The van der Waals surface area contributed by atoms with Crippen molar-refractivity contribution in [3.05, 3.63) is 52.0 Å². The van der Waals surface area contributed by atoms with E-state index in [-0.39, 0.29) is 0 Å². The summed E-state index contributed by atoms with van der Waals surface area (Å²) in [6.07, 6.45) is -2.73. The van der Waals surface area contributed by atoms with E-state index in [1.54, 1.807) is 0 Å². The molecule has 0 saturated heterocycles. The van der Waals surface area contributed by atoms with Crippen molar-refractivity contribution in [3.8, 4) is 0 Å². The average Bonchev–Trinajstić information content (AvgIpc) is 3.07. The lowest BCUT2D eigenvalue weighted by Crippen LogP contribution is -2.46. The van der Waals surface area contributed by atoms with Crippen LogP contribution in [-0.2, 0) is 10.4 Å². The van der Waals surface area contributed by atoms with E-state index in [0.717, 1.165) is 24.8 Å². The number of thiazole rings is 1. The number of hydrogen-bond donors (Lipinski definition) is 2. The monoisotopic (exact) mass is 414 g/mol. The molecule has 1 heterocycles. The molecule has 0 radical (unpaired) electrons. The zero-order valence-electron chi connectivity index (χ0n) is 15.9. The van der Waals surface area contributed by atoms with Crippen molar-refractivity contribution in [2.45, 2.75) is 63.8 Å². The smallest absolute Gasteiger partial charge is 0.374 e. The number of nitrogens with zero attached hydrogens (tertiary/aromatic N) is 1. The highest BCUT2D eigenvalue weighted by Gasteiger charge is 2.58. The predicted octanol–water partition coefficient (Wildman–Crippen LogP) is 5.03. The zero-order valence-corrected chi connectivity index (χ0v) is 16.7. The molecule has 2 rings (SSSR count). The van der Waals surface area contributed by atoms with Gasteiger partial charge in [0.1, 0.15) is 5.01 Å². The summed E-state index contributed by atoms with van der Waals surface area (Å²) in [5, 5.41) is 13.9. The van der Waals surface area contributed by atoms with Crippen LogP contribution < -0.4 is 5.32 Å². The Morgan fingerprint density at radius 3 is 2.46 bits per heavy atom. The van der Waals surface area contributed by atoms with Crippen molar-refractivity contribution >= 4 is 17.2 Å². The highest BCUT2D eigenvalue weighted by molar-refractivity contribution is 7.09. The largest absolute Gasteiger partial charge is 0.424 e. The molecule has 0 bridgehead atoms. The lowest BCUT2D eigenvalue weighted by molar-refractivity contribution is -0.267. The molecule has 0 saturated carbocycles. The summed E-state index contributed by atoms with van der Waals surface area (Å²) in [5.41, 5.74) is -2.11. The number of aliphatic hydroxyl groups is 1. The second-order valence-corrected chi connectivity index (χ2v) is 7.71. The highest BCUT2D eigenvalue weighted by Crippen LogP contribution is 2.43. The maximum absolute atomic E-state index is 13.6. The van der Waals surface area contributed by atoms with E-state index in [0.29, 0.717) is 23.5 Å². The van der Waals surface area contributed by atoms with E-state index >= 15 is 0 Å². The number of aromatic nitrogens is 1. The average molecular weight is 414 g/mol. The first-order chi connectivity index (χ1) is 13.2. The van der Waals surface area contributed by atoms with Crippen LogP contribution in [0.5, 0.6) is 0 Å². The van der Waals surface area contributed by atoms with Gasteiger partial charge in [-0.05, 0) is 18.9 Å². The second-order valence-electron chi connectivity index (χ2n) is 6.86. The number of hydrogen-bond acceptors (Lipinski definition) is 4. The summed E-state index contributed by atoms with van der Waals surface area (Å²) < 4.78 is 40.8. The predicted molar refractivity (Wildman–Crippen MR) is 103 cm³/mol. The summed E-state index contributed by atoms with van der Waals surface area (Å²) in [6, 6.07) is 8.73. The minimum absolute atomic E-state index is 0.366. The first-order valence-electron chi connectivity index (χ1n) is 9.23. The molecule has 2 atom stereocenters.